The van der Waals surface area contributed by atoms with Crippen LogP contribution in [0.5, 0.6) is 0 Å². The first-order chi connectivity index (χ1) is 17.8. The van der Waals surface area contributed by atoms with Crippen molar-refractivity contribution in [2.75, 3.05) is 36.5 Å². The molecule has 11 heteroatoms. The van der Waals surface area contributed by atoms with E-state index in [4.69, 9.17) is 5.73 Å². The van der Waals surface area contributed by atoms with Crippen LogP contribution in [0.25, 0.3) is 21.9 Å². The lowest BCUT2D eigenvalue weighted by molar-refractivity contribution is -0.130. The molecule has 37 heavy (non-hydrogen) atoms. The first-order valence-corrected chi connectivity index (χ1v) is 12.1. The highest BCUT2D eigenvalue weighted by Crippen LogP contribution is 2.40. The minimum Gasteiger partial charge on any atom is -0.396 e. The number of pyridine rings is 2. The van der Waals surface area contributed by atoms with Crippen LogP contribution in [0.2, 0.25) is 0 Å². The van der Waals surface area contributed by atoms with Crippen LogP contribution in [0.4, 0.5) is 31.8 Å². The van der Waals surface area contributed by atoms with Gasteiger partial charge >= 0.3 is 0 Å². The van der Waals surface area contributed by atoms with E-state index in [2.05, 4.69) is 25.7 Å². The lowest BCUT2D eigenvalue weighted by Crippen LogP contribution is -2.29. The van der Waals surface area contributed by atoms with Gasteiger partial charge in [-0.25, -0.2) is 13.8 Å². The third-order valence-corrected chi connectivity index (χ3v) is 7.19. The van der Waals surface area contributed by atoms with Crippen LogP contribution >= 0.6 is 0 Å². The van der Waals surface area contributed by atoms with E-state index in [-0.39, 0.29) is 23.7 Å². The molecule has 4 aromatic rings. The number of nitrogen functional groups attached to an aromatic ring is 1. The van der Waals surface area contributed by atoms with Crippen LogP contribution in [-0.2, 0) is 17.8 Å². The molecule has 0 spiro atoms. The van der Waals surface area contributed by atoms with Gasteiger partial charge in [-0.3, -0.25) is 14.5 Å². The Hall–Kier alpha value is -4.28. The maximum absolute atomic E-state index is 15.4. The van der Waals surface area contributed by atoms with E-state index in [1.165, 1.54) is 12.4 Å². The number of alkyl halides is 1. The van der Waals surface area contributed by atoms with E-state index in [9.17, 15) is 9.18 Å². The number of halogens is 2. The highest BCUT2D eigenvalue weighted by Gasteiger charge is 2.25. The zero-order valence-corrected chi connectivity index (χ0v) is 20.5. The van der Waals surface area contributed by atoms with Gasteiger partial charge in [-0.2, -0.15) is 5.10 Å². The molecule has 1 aromatic carbocycles. The molecule has 1 atom stereocenters. The number of nitrogens with zero attached hydrogens (tertiary/aromatic N) is 5. The molecule has 4 N–H and O–H groups in total. The van der Waals surface area contributed by atoms with Gasteiger partial charge in [0, 0.05) is 73.6 Å². The van der Waals surface area contributed by atoms with E-state index in [1.54, 1.807) is 28.8 Å². The van der Waals surface area contributed by atoms with E-state index < -0.39 is 12.0 Å². The second-order valence-electron chi connectivity index (χ2n) is 9.55. The van der Waals surface area contributed by atoms with Gasteiger partial charge in [0.05, 0.1) is 17.1 Å². The fraction of sp³-hybridized carbons (Fsp3) is 0.308. The number of nitrogens with one attached hydrogen (secondary N) is 2. The van der Waals surface area contributed by atoms with Crippen molar-refractivity contribution >= 4 is 39.7 Å². The SMILES string of the molecule is Cc1c(-c2cc3cc(Nc4cc5n(n4)CC(=O)N(C)CC5)ncc3c(N)c2F)cnc2c1NCC[C@H]2F. The maximum atomic E-state index is 15.4. The minimum absolute atomic E-state index is 0.00598. The molecule has 2 aliphatic heterocycles. The van der Waals surface area contributed by atoms with Gasteiger partial charge in [0.25, 0.3) is 0 Å². The molecule has 0 aliphatic carbocycles. The van der Waals surface area contributed by atoms with E-state index in [1.807, 2.05) is 13.0 Å². The molecule has 0 saturated carbocycles. The quantitative estimate of drug-likeness (QED) is 0.360. The van der Waals surface area contributed by atoms with Crippen molar-refractivity contribution in [3.63, 3.8) is 0 Å². The number of anilines is 4. The van der Waals surface area contributed by atoms with Gasteiger partial charge in [0.1, 0.15) is 18.5 Å². The van der Waals surface area contributed by atoms with Crippen LogP contribution in [0.1, 0.15) is 29.5 Å². The Morgan fingerprint density at radius 2 is 2.00 bits per heavy atom. The number of nitrogens with two attached hydrogens (primary N) is 1. The van der Waals surface area contributed by atoms with Crippen LogP contribution in [0.15, 0.2) is 30.6 Å². The van der Waals surface area contributed by atoms with Crippen LogP contribution < -0.4 is 16.4 Å². The molecule has 0 fully saturated rings. The molecular weight excluding hydrogens is 478 g/mol. The second-order valence-corrected chi connectivity index (χ2v) is 9.55. The minimum atomic E-state index is -1.15. The normalized spacial score (nSPS) is 17.2. The van der Waals surface area contributed by atoms with Crippen molar-refractivity contribution in [3.8, 4) is 11.1 Å². The Bertz CT molecular complexity index is 1570. The van der Waals surface area contributed by atoms with Crippen molar-refractivity contribution in [1.29, 1.82) is 0 Å². The summed E-state index contributed by atoms with van der Waals surface area (Å²) in [6, 6.07) is 5.38. The fourth-order valence-corrected chi connectivity index (χ4v) is 5.02. The number of hydrogen-bond donors (Lipinski definition) is 3. The summed E-state index contributed by atoms with van der Waals surface area (Å²) >= 11 is 0. The van der Waals surface area contributed by atoms with Crippen molar-refractivity contribution in [2.24, 2.45) is 0 Å². The lowest BCUT2D eigenvalue weighted by atomic mass is 9.94. The molecule has 0 bridgehead atoms. The third kappa shape index (κ3) is 3.90. The number of rotatable bonds is 3. The predicted molar refractivity (Wildman–Crippen MR) is 138 cm³/mol. The summed E-state index contributed by atoms with van der Waals surface area (Å²) in [5, 5.41) is 12.1. The highest BCUT2D eigenvalue weighted by atomic mass is 19.1. The Balaban J connectivity index is 1.37. The summed E-state index contributed by atoms with van der Waals surface area (Å²) in [5.41, 5.74) is 9.64. The number of carbonyl (C=O) groups is 1. The van der Waals surface area contributed by atoms with Crippen molar-refractivity contribution in [2.45, 2.75) is 32.5 Å². The number of aromatic nitrogens is 4. The average Bonchev–Trinajstić information content (AvgIpc) is 3.20. The predicted octanol–water partition coefficient (Wildman–Crippen LogP) is 4.11. The number of benzene rings is 1. The topological polar surface area (TPSA) is 114 Å². The van der Waals surface area contributed by atoms with Gasteiger partial charge in [-0.1, -0.05) is 0 Å². The maximum Gasteiger partial charge on any atom is 0.244 e. The van der Waals surface area contributed by atoms with Gasteiger partial charge in [-0.05, 0) is 30.0 Å². The summed E-state index contributed by atoms with van der Waals surface area (Å²) in [6.45, 7) is 3.13. The number of likely N-dealkylation sites (N-methyl/N-ethyl adjacent to an activating group) is 1. The van der Waals surface area contributed by atoms with Crippen LogP contribution in [-0.4, -0.2) is 50.7 Å². The van der Waals surface area contributed by atoms with Gasteiger partial charge in [0.15, 0.2) is 11.6 Å². The van der Waals surface area contributed by atoms with Gasteiger partial charge < -0.3 is 21.3 Å². The molecular formula is C26H26F2N8O. The van der Waals surface area contributed by atoms with E-state index in [0.29, 0.717) is 65.3 Å². The van der Waals surface area contributed by atoms with Crippen molar-refractivity contribution in [1.82, 2.24) is 24.6 Å². The molecule has 0 saturated heterocycles. The summed E-state index contributed by atoms with van der Waals surface area (Å²) in [6.07, 6.45) is 2.94. The van der Waals surface area contributed by atoms with E-state index in [0.717, 1.165) is 11.3 Å². The lowest BCUT2D eigenvalue weighted by Gasteiger charge is -2.24. The zero-order valence-electron chi connectivity index (χ0n) is 20.5. The van der Waals surface area contributed by atoms with Crippen LogP contribution in [0.3, 0.4) is 0 Å². The molecule has 2 aliphatic rings. The number of carbonyl (C=O) groups excluding carboxylic acids is 1. The second kappa shape index (κ2) is 8.68. The standard InChI is InChI=1S/C26H26F2N8O/c1-13-17(10-32-26-19(27)3-5-30-25(13)26)16-7-14-8-20(31-11-18(14)24(29)23(16)28)33-21-9-15-4-6-35(2)22(37)12-36(15)34-21/h7-11,19,30H,3-6,12,29H2,1-2H3,(H,31,33,34)/t19-/m1/s1. The van der Waals surface area contributed by atoms with E-state index >= 15 is 4.39 Å². The van der Waals surface area contributed by atoms with Crippen molar-refractivity contribution in [3.05, 3.63) is 53.4 Å². The molecule has 6 rings (SSSR count). The Labute approximate surface area is 211 Å². The molecule has 0 radical (unpaired) electrons. The fourth-order valence-electron chi connectivity index (χ4n) is 5.02. The number of fused-ring (bicyclic) bond motifs is 3. The first-order valence-electron chi connectivity index (χ1n) is 12.1. The largest absolute Gasteiger partial charge is 0.396 e. The Morgan fingerprint density at radius 1 is 1.16 bits per heavy atom. The summed E-state index contributed by atoms with van der Waals surface area (Å²) < 4.78 is 31.5. The summed E-state index contributed by atoms with van der Waals surface area (Å²) in [7, 11) is 1.78. The molecule has 5 heterocycles. The smallest absolute Gasteiger partial charge is 0.244 e. The monoisotopic (exact) mass is 504 g/mol. The summed E-state index contributed by atoms with van der Waals surface area (Å²) in [4.78, 5) is 22.6. The summed E-state index contributed by atoms with van der Waals surface area (Å²) in [5.74, 6) is 0.505. The molecule has 9 nitrogen and oxygen atoms in total. The first kappa shape index (κ1) is 23.1. The molecule has 3 aromatic heterocycles. The zero-order chi connectivity index (χ0) is 25.8. The van der Waals surface area contributed by atoms with Crippen LogP contribution in [0, 0.1) is 12.7 Å². The van der Waals surface area contributed by atoms with Gasteiger partial charge in [0.2, 0.25) is 5.91 Å². The molecule has 1 amide bonds. The molecule has 0 unspecified atom stereocenters. The number of hydrogen-bond acceptors (Lipinski definition) is 7. The number of amides is 1. The average molecular weight is 505 g/mol. The van der Waals surface area contributed by atoms with Crippen molar-refractivity contribution < 1.29 is 13.6 Å². The molecule has 190 valence electrons. The van der Waals surface area contributed by atoms with Gasteiger partial charge in [-0.15, -0.1) is 0 Å². The third-order valence-electron chi connectivity index (χ3n) is 7.19. The Kier molecular flexibility index (Phi) is 5.43. The Morgan fingerprint density at radius 3 is 2.84 bits per heavy atom. The highest BCUT2D eigenvalue weighted by molar-refractivity contribution is 5.98.